The van der Waals surface area contributed by atoms with E-state index in [1.54, 1.807) is 6.08 Å². The molecule has 0 amide bonds. The van der Waals surface area contributed by atoms with Crippen LogP contribution in [-0.4, -0.2) is 25.7 Å². The van der Waals surface area contributed by atoms with Crippen LogP contribution in [0.25, 0.3) is 0 Å². The zero-order valence-corrected chi connectivity index (χ0v) is 8.93. The first-order valence-corrected chi connectivity index (χ1v) is 6.17. The van der Waals surface area contributed by atoms with Crippen LogP contribution in [-0.2, 0) is 14.6 Å². The van der Waals surface area contributed by atoms with Crippen LogP contribution < -0.4 is 0 Å². The maximum absolute atomic E-state index is 11.3. The van der Waals surface area contributed by atoms with Gasteiger partial charge in [0.05, 0.1) is 0 Å². The van der Waals surface area contributed by atoms with E-state index in [-0.39, 0.29) is 5.78 Å². The number of carbonyl (C=O) groups excluding carboxylic acids is 1. The van der Waals surface area contributed by atoms with E-state index < -0.39 is 15.1 Å². The highest BCUT2D eigenvalue weighted by Gasteiger charge is 2.22. The van der Waals surface area contributed by atoms with E-state index in [1.807, 2.05) is 0 Å². The normalized spacial score (nSPS) is 13.7. The predicted molar refractivity (Wildman–Crippen MR) is 53.4 cm³/mol. The van der Waals surface area contributed by atoms with Crippen molar-refractivity contribution in [2.75, 3.05) is 6.26 Å². The summed E-state index contributed by atoms with van der Waals surface area (Å²) in [7, 11) is -3.21. The van der Waals surface area contributed by atoms with Crippen molar-refractivity contribution >= 4 is 15.6 Å². The summed E-state index contributed by atoms with van der Waals surface area (Å²) in [5.41, 5.74) is 0. The lowest BCUT2D eigenvalue weighted by Crippen LogP contribution is -2.25. The van der Waals surface area contributed by atoms with Crippen LogP contribution in [0.4, 0.5) is 0 Å². The first kappa shape index (κ1) is 12.4. The zero-order valence-electron chi connectivity index (χ0n) is 8.12. The Bertz CT molecular complexity index is 277. The third-order valence-electron chi connectivity index (χ3n) is 1.93. The predicted octanol–water partition coefficient (Wildman–Crippen LogP) is 1.34. The van der Waals surface area contributed by atoms with Crippen LogP contribution in [0.5, 0.6) is 0 Å². The van der Waals surface area contributed by atoms with Gasteiger partial charge in [0, 0.05) is 12.7 Å². The molecule has 0 fully saturated rings. The molecule has 1 atom stereocenters. The van der Waals surface area contributed by atoms with Crippen molar-refractivity contribution in [3.63, 3.8) is 0 Å². The second-order valence-corrected chi connectivity index (χ2v) is 5.49. The lowest BCUT2D eigenvalue weighted by atomic mass is 10.1. The van der Waals surface area contributed by atoms with Gasteiger partial charge in [0.1, 0.15) is 5.25 Å². The largest absolute Gasteiger partial charge is 0.298 e. The minimum atomic E-state index is -3.21. The molecule has 0 rings (SSSR count). The number of Topliss-reactive ketones (excluding diaryl/α,β-unsaturated/α-hetero) is 1. The van der Waals surface area contributed by atoms with Gasteiger partial charge in [0.25, 0.3) is 0 Å². The number of hydrogen-bond acceptors (Lipinski definition) is 3. The van der Waals surface area contributed by atoms with Crippen molar-refractivity contribution in [1.82, 2.24) is 0 Å². The van der Waals surface area contributed by atoms with Gasteiger partial charge in [-0.1, -0.05) is 6.08 Å². The molecule has 0 radical (unpaired) electrons. The van der Waals surface area contributed by atoms with Crippen LogP contribution in [0.3, 0.4) is 0 Å². The van der Waals surface area contributed by atoms with Crippen molar-refractivity contribution in [1.29, 1.82) is 0 Å². The summed E-state index contributed by atoms with van der Waals surface area (Å²) in [4.78, 5) is 11.3. The molecule has 76 valence electrons. The standard InChI is InChI=1S/C9H16O3S/c1-4-5-6-7-9(10)8(2)13(3,11)12/h4,8H,1,5-7H2,2-3H3. The maximum Gasteiger partial charge on any atom is 0.157 e. The number of allylic oxidation sites excluding steroid dienone is 1. The number of sulfone groups is 1. The van der Waals surface area contributed by atoms with Gasteiger partial charge in [0.2, 0.25) is 0 Å². The summed E-state index contributed by atoms with van der Waals surface area (Å²) in [5.74, 6) is -0.204. The topological polar surface area (TPSA) is 51.2 Å². The molecule has 0 aromatic carbocycles. The third kappa shape index (κ3) is 4.83. The summed E-state index contributed by atoms with van der Waals surface area (Å²) in [5, 5.41) is -0.864. The Morgan fingerprint density at radius 2 is 2.08 bits per heavy atom. The maximum atomic E-state index is 11.3. The summed E-state index contributed by atoms with van der Waals surface area (Å²) < 4.78 is 21.9. The van der Waals surface area contributed by atoms with Crippen molar-refractivity contribution in [3.05, 3.63) is 12.7 Å². The zero-order chi connectivity index (χ0) is 10.5. The molecular weight excluding hydrogens is 188 g/mol. The molecule has 1 unspecified atom stereocenters. The van der Waals surface area contributed by atoms with E-state index >= 15 is 0 Å². The minimum Gasteiger partial charge on any atom is -0.298 e. The van der Waals surface area contributed by atoms with Crippen molar-refractivity contribution in [2.24, 2.45) is 0 Å². The molecule has 0 aromatic heterocycles. The molecule has 0 aliphatic rings. The number of rotatable bonds is 6. The molecule has 0 aromatic rings. The van der Waals surface area contributed by atoms with E-state index in [1.165, 1.54) is 6.92 Å². The molecule has 0 saturated heterocycles. The molecule has 0 aliphatic carbocycles. The molecule has 4 heteroatoms. The Hall–Kier alpha value is -0.640. The average Bonchev–Trinajstić information content (AvgIpc) is 2.01. The Labute approximate surface area is 79.8 Å². The summed E-state index contributed by atoms with van der Waals surface area (Å²) >= 11 is 0. The van der Waals surface area contributed by atoms with Crippen molar-refractivity contribution in [2.45, 2.75) is 31.4 Å². The van der Waals surface area contributed by atoms with E-state index in [2.05, 4.69) is 6.58 Å². The smallest absolute Gasteiger partial charge is 0.157 e. The fraction of sp³-hybridized carbons (Fsp3) is 0.667. The Morgan fingerprint density at radius 1 is 1.54 bits per heavy atom. The van der Waals surface area contributed by atoms with Gasteiger partial charge in [-0.25, -0.2) is 8.42 Å². The molecule has 3 nitrogen and oxygen atoms in total. The van der Waals surface area contributed by atoms with Gasteiger partial charge in [-0.2, -0.15) is 0 Å². The van der Waals surface area contributed by atoms with Crippen LogP contribution >= 0.6 is 0 Å². The summed E-state index contributed by atoms with van der Waals surface area (Å²) in [6.45, 7) is 4.96. The van der Waals surface area contributed by atoms with Crippen molar-refractivity contribution < 1.29 is 13.2 Å². The SMILES string of the molecule is C=CCCCC(=O)C(C)S(C)(=O)=O. The molecule has 0 spiro atoms. The molecular formula is C9H16O3S. The Kier molecular flexibility index (Phi) is 4.91. The Balaban J connectivity index is 4.05. The first-order valence-electron chi connectivity index (χ1n) is 4.22. The van der Waals surface area contributed by atoms with Crippen LogP contribution in [0, 0.1) is 0 Å². The van der Waals surface area contributed by atoms with Crippen LogP contribution in [0.1, 0.15) is 26.2 Å². The molecule has 0 heterocycles. The molecule has 0 aliphatic heterocycles. The van der Waals surface area contributed by atoms with Gasteiger partial charge >= 0.3 is 0 Å². The van der Waals surface area contributed by atoms with Gasteiger partial charge in [-0.05, 0) is 19.8 Å². The van der Waals surface area contributed by atoms with Gasteiger partial charge in [-0.15, -0.1) is 6.58 Å². The second-order valence-electron chi connectivity index (χ2n) is 3.12. The fourth-order valence-electron chi connectivity index (χ4n) is 0.863. The Morgan fingerprint density at radius 3 is 2.46 bits per heavy atom. The van der Waals surface area contributed by atoms with Gasteiger partial charge in [0.15, 0.2) is 15.6 Å². The molecule has 13 heavy (non-hydrogen) atoms. The molecule has 0 saturated carbocycles. The van der Waals surface area contributed by atoms with Crippen LogP contribution in [0.2, 0.25) is 0 Å². The molecule has 0 N–H and O–H groups in total. The number of ketones is 1. The van der Waals surface area contributed by atoms with E-state index in [4.69, 9.17) is 0 Å². The highest BCUT2D eigenvalue weighted by molar-refractivity contribution is 7.92. The number of unbranched alkanes of at least 4 members (excludes halogenated alkanes) is 1. The number of carbonyl (C=O) groups is 1. The van der Waals surface area contributed by atoms with Crippen molar-refractivity contribution in [3.8, 4) is 0 Å². The van der Waals surface area contributed by atoms with Gasteiger partial charge in [-0.3, -0.25) is 4.79 Å². The molecule has 0 bridgehead atoms. The quantitative estimate of drug-likeness (QED) is 0.484. The van der Waals surface area contributed by atoms with Crippen LogP contribution in [0.15, 0.2) is 12.7 Å². The highest BCUT2D eigenvalue weighted by atomic mass is 32.2. The van der Waals surface area contributed by atoms with E-state index in [0.717, 1.165) is 12.7 Å². The average molecular weight is 204 g/mol. The third-order valence-corrected chi connectivity index (χ3v) is 3.47. The van der Waals surface area contributed by atoms with E-state index in [0.29, 0.717) is 12.8 Å². The monoisotopic (exact) mass is 204 g/mol. The fourth-order valence-corrected chi connectivity index (χ4v) is 1.46. The lowest BCUT2D eigenvalue weighted by Gasteiger charge is -2.06. The minimum absolute atomic E-state index is 0.204. The second kappa shape index (κ2) is 5.17. The lowest BCUT2D eigenvalue weighted by molar-refractivity contribution is -0.118. The summed E-state index contributed by atoms with van der Waals surface area (Å²) in [6, 6.07) is 0. The first-order chi connectivity index (χ1) is 5.89. The highest BCUT2D eigenvalue weighted by Crippen LogP contribution is 2.06. The number of hydrogen-bond donors (Lipinski definition) is 0. The van der Waals surface area contributed by atoms with E-state index in [9.17, 15) is 13.2 Å². The van der Waals surface area contributed by atoms with Gasteiger partial charge < -0.3 is 0 Å². The summed E-state index contributed by atoms with van der Waals surface area (Å²) in [6.07, 6.45) is 4.56.